The number of amides is 1. The molecule has 94 valence electrons. The number of nitrogen functional groups attached to an aromatic ring is 1. The lowest BCUT2D eigenvalue weighted by Gasteiger charge is -2.21. The van der Waals surface area contributed by atoms with Gasteiger partial charge in [-0.05, 0) is 35.8 Å². The lowest BCUT2D eigenvalue weighted by molar-refractivity contribution is 0.0979. The molecule has 0 saturated heterocycles. The molecule has 0 aliphatic heterocycles. The molecule has 18 heavy (non-hydrogen) atoms. The molecule has 0 fully saturated rings. The maximum absolute atomic E-state index is 12.3. The van der Waals surface area contributed by atoms with Gasteiger partial charge in [-0.15, -0.1) is 0 Å². The van der Waals surface area contributed by atoms with Crippen LogP contribution >= 0.6 is 0 Å². The van der Waals surface area contributed by atoms with Crippen molar-refractivity contribution in [1.29, 1.82) is 0 Å². The Hall–Kier alpha value is -2.37. The van der Waals surface area contributed by atoms with Crippen LogP contribution in [0.15, 0.2) is 28.9 Å². The number of rotatable bonds is 3. The Kier molecular flexibility index (Phi) is 3.27. The summed E-state index contributed by atoms with van der Waals surface area (Å²) in [5.74, 6) is -0.308. The molecule has 0 radical (unpaired) electrons. The first-order chi connectivity index (χ1) is 8.65. The third kappa shape index (κ3) is 2.04. The van der Waals surface area contributed by atoms with Crippen molar-refractivity contribution >= 4 is 17.4 Å². The average Bonchev–Trinajstić information content (AvgIpc) is 2.78. The SMILES string of the molecule is CCN(C(=O)c1nonc1N)c1ccccc1C. The Morgan fingerprint density at radius 2 is 2.11 bits per heavy atom. The molecule has 1 aromatic carbocycles. The minimum atomic E-state index is -0.314. The van der Waals surface area contributed by atoms with Gasteiger partial charge in [-0.25, -0.2) is 4.63 Å². The number of aryl methyl sites for hydroxylation is 1. The minimum Gasteiger partial charge on any atom is -0.379 e. The number of hydrogen-bond donors (Lipinski definition) is 1. The molecule has 0 saturated carbocycles. The Balaban J connectivity index is 2.39. The molecule has 6 nitrogen and oxygen atoms in total. The van der Waals surface area contributed by atoms with Gasteiger partial charge in [-0.1, -0.05) is 18.2 Å². The van der Waals surface area contributed by atoms with Gasteiger partial charge in [-0.3, -0.25) is 4.79 Å². The largest absolute Gasteiger partial charge is 0.379 e. The smallest absolute Gasteiger partial charge is 0.284 e. The van der Waals surface area contributed by atoms with E-state index in [1.165, 1.54) is 0 Å². The van der Waals surface area contributed by atoms with Gasteiger partial charge in [0.2, 0.25) is 11.5 Å². The van der Waals surface area contributed by atoms with E-state index in [0.717, 1.165) is 11.3 Å². The Bertz CT molecular complexity index is 565. The molecule has 1 aromatic heterocycles. The van der Waals surface area contributed by atoms with Gasteiger partial charge >= 0.3 is 0 Å². The highest BCUT2D eigenvalue weighted by Gasteiger charge is 2.23. The van der Waals surface area contributed by atoms with Crippen molar-refractivity contribution in [2.24, 2.45) is 0 Å². The fourth-order valence-electron chi connectivity index (χ4n) is 1.76. The van der Waals surface area contributed by atoms with Gasteiger partial charge in [0.15, 0.2) is 0 Å². The number of anilines is 2. The zero-order chi connectivity index (χ0) is 13.1. The van der Waals surface area contributed by atoms with Crippen LogP contribution in [-0.2, 0) is 0 Å². The van der Waals surface area contributed by atoms with E-state index in [0.29, 0.717) is 6.54 Å². The summed E-state index contributed by atoms with van der Waals surface area (Å²) < 4.78 is 4.45. The fraction of sp³-hybridized carbons (Fsp3) is 0.250. The summed E-state index contributed by atoms with van der Waals surface area (Å²) in [6.07, 6.45) is 0. The van der Waals surface area contributed by atoms with Gasteiger partial charge in [0.1, 0.15) is 0 Å². The van der Waals surface area contributed by atoms with Crippen molar-refractivity contribution in [3.63, 3.8) is 0 Å². The van der Waals surface area contributed by atoms with E-state index < -0.39 is 0 Å². The van der Waals surface area contributed by atoms with Crippen molar-refractivity contribution in [2.45, 2.75) is 13.8 Å². The second-order valence-corrected chi connectivity index (χ2v) is 3.83. The number of nitrogens with two attached hydrogens (primary N) is 1. The predicted molar refractivity (Wildman–Crippen MR) is 67.2 cm³/mol. The van der Waals surface area contributed by atoms with Crippen molar-refractivity contribution < 1.29 is 9.42 Å². The zero-order valence-electron chi connectivity index (χ0n) is 10.3. The number of carbonyl (C=O) groups is 1. The van der Waals surface area contributed by atoms with Gasteiger partial charge < -0.3 is 10.6 Å². The highest BCUT2D eigenvalue weighted by Crippen LogP contribution is 2.21. The molecule has 2 aromatic rings. The third-order valence-corrected chi connectivity index (χ3v) is 2.68. The van der Waals surface area contributed by atoms with Gasteiger partial charge in [-0.2, -0.15) is 0 Å². The second-order valence-electron chi connectivity index (χ2n) is 3.83. The molecular weight excluding hydrogens is 232 g/mol. The van der Waals surface area contributed by atoms with E-state index in [1.807, 2.05) is 38.1 Å². The van der Waals surface area contributed by atoms with Crippen LogP contribution in [0.5, 0.6) is 0 Å². The monoisotopic (exact) mass is 246 g/mol. The van der Waals surface area contributed by atoms with Crippen LogP contribution < -0.4 is 10.6 Å². The lowest BCUT2D eigenvalue weighted by Crippen LogP contribution is -2.32. The second kappa shape index (κ2) is 4.87. The van der Waals surface area contributed by atoms with Crippen molar-refractivity contribution in [3.8, 4) is 0 Å². The summed E-state index contributed by atoms with van der Waals surface area (Å²) in [4.78, 5) is 13.9. The Labute approximate surface area is 104 Å². The quantitative estimate of drug-likeness (QED) is 0.889. The molecule has 0 aliphatic rings. The average molecular weight is 246 g/mol. The van der Waals surface area contributed by atoms with Crippen molar-refractivity contribution in [2.75, 3.05) is 17.2 Å². The van der Waals surface area contributed by atoms with Crippen LogP contribution in [0.25, 0.3) is 0 Å². The molecule has 0 unspecified atom stereocenters. The van der Waals surface area contributed by atoms with E-state index in [1.54, 1.807) is 4.90 Å². The molecule has 1 amide bonds. The summed E-state index contributed by atoms with van der Waals surface area (Å²) >= 11 is 0. The molecule has 0 aliphatic carbocycles. The van der Waals surface area contributed by atoms with Crippen LogP contribution in [-0.4, -0.2) is 22.8 Å². The van der Waals surface area contributed by atoms with Crippen molar-refractivity contribution in [1.82, 2.24) is 10.3 Å². The maximum Gasteiger partial charge on any atom is 0.284 e. The minimum absolute atomic E-state index is 0.00651. The van der Waals surface area contributed by atoms with Gasteiger partial charge in [0.05, 0.1) is 0 Å². The molecule has 0 atom stereocenters. The van der Waals surface area contributed by atoms with Crippen molar-refractivity contribution in [3.05, 3.63) is 35.5 Å². The highest BCUT2D eigenvalue weighted by molar-refractivity contribution is 6.07. The summed E-state index contributed by atoms with van der Waals surface area (Å²) in [6.45, 7) is 4.33. The number of nitrogens with zero attached hydrogens (tertiary/aromatic N) is 3. The number of benzene rings is 1. The number of aromatic nitrogens is 2. The zero-order valence-corrected chi connectivity index (χ0v) is 10.3. The molecule has 6 heteroatoms. The molecule has 2 rings (SSSR count). The topological polar surface area (TPSA) is 85.2 Å². The third-order valence-electron chi connectivity index (χ3n) is 2.68. The molecule has 0 bridgehead atoms. The van der Waals surface area contributed by atoms with Crippen LogP contribution in [0.3, 0.4) is 0 Å². The summed E-state index contributed by atoms with van der Waals surface area (Å²) in [5.41, 5.74) is 7.41. The number of hydrogen-bond acceptors (Lipinski definition) is 5. The number of carbonyl (C=O) groups excluding carboxylic acids is 1. The first-order valence-electron chi connectivity index (χ1n) is 5.60. The van der Waals surface area contributed by atoms with Crippen LogP contribution in [0.2, 0.25) is 0 Å². The van der Waals surface area contributed by atoms with Crippen LogP contribution in [0.1, 0.15) is 23.0 Å². The normalized spacial score (nSPS) is 10.3. The molecular formula is C12H14N4O2. The highest BCUT2D eigenvalue weighted by atomic mass is 16.6. The molecule has 0 spiro atoms. The summed E-state index contributed by atoms with van der Waals surface area (Å²) in [5, 5.41) is 6.95. The van der Waals surface area contributed by atoms with E-state index >= 15 is 0 Å². The summed E-state index contributed by atoms with van der Waals surface area (Å²) in [7, 11) is 0. The Morgan fingerprint density at radius 1 is 1.39 bits per heavy atom. The molecule has 1 heterocycles. The van der Waals surface area contributed by atoms with Crippen LogP contribution in [0.4, 0.5) is 11.5 Å². The fourth-order valence-corrected chi connectivity index (χ4v) is 1.76. The molecule has 2 N–H and O–H groups in total. The first kappa shape index (κ1) is 12.1. The lowest BCUT2D eigenvalue weighted by atomic mass is 10.1. The predicted octanol–water partition coefficient (Wildman–Crippen LogP) is 1.63. The number of para-hydroxylation sites is 1. The van der Waals surface area contributed by atoms with Gasteiger partial charge in [0.25, 0.3) is 5.91 Å². The summed E-state index contributed by atoms with van der Waals surface area (Å²) in [6, 6.07) is 7.61. The maximum atomic E-state index is 12.3. The van der Waals surface area contributed by atoms with E-state index in [2.05, 4.69) is 14.9 Å². The van der Waals surface area contributed by atoms with E-state index in [-0.39, 0.29) is 17.4 Å². The van der Waals surface area contributed by atoms with E-state index in [9.17, 15) is 4.79 Å². The standard InChI is InChI=1S/C12H14N4O2/c1-3-16(9-7-5-4-6-8(9)2)12(17)10-11(13)15-18-14-10/h4-7H,3H2,1-2H3,(H2,13,15). The Morgan fingerprint density at radius 3 is 2.67 bits per heavy atom. The van der Waals surface area contributed by atoms with E-state index in [4.69, 9.17) is 5.73 Å². The van der Waals surface area contributed by atoms with Crippen LogP contribution in [0, 0.1) is 6.92 Å². The first-order valence-corrected chi connectivity index (χ1v) is 5.60. The van der Waals surface area contributed by atoms with Gasteiger partial charge in [0, 0.05) is 12.2 Å².